The number of rotatable bonds is 4. The fourth-order valence-electron chi connectivity index (χ4n) is 3.54. The molecule has 4 rings (SSSR count). The van der Waals surface area contributed by atoms with Crippen LogP contribution in [0.5, 0.6) is 5.75 Å². The Balaban J connectivity index is 1.25. The van der Waals surface area contributed by atoms with Gasteiger partial charge in [-0.05, 0) is 26.7 Å². The summed E-state index contributed by atoms with van der Waals surface area (Å²) in [5.41, 5.74) is 1.36. The van der Waals surface area contributed by atoms with E-state index in [0.29, 0.717) is 37.4 Å². The molecule has 28 heavy (non-hydrogen) atoms. The number of amides is 2. The molecule has 0 aliphatic carbocycles. The molecule has 2 aliphatic heterocycles. The van der Waals surface area contributed by atoms with Crippen molar-refractivity contribution in [1.82, 2.24) is 15.2 Å². The minimum atomic E-state index is -0.878. The zero-order valence-corrected chi connectivity index (χ0v) is 16.7. The summed E-state index contributed by atoms with van der Waals surface area (Å²) >= 11 is 1.40. The highest BCUT2D eigenvalue weighted by Gasteiger charge is 2.36. The molecule has 152 valence electrons. The highest BCUT2D eigenvalue weighted by Crippen LogP contribution is 2.32. The molecule has 2 aliphatic rings. The first kappa shape index (κ1) is 19.4. The summed E-state index contributed by atoms with van der Waals surface area (Å²) in [4.78, 5) is 18.2. The van der Waals surface area contributed by atoms with Crippen molar-refractivity contribution >= 4 is 27.6 Å². The zero-order chi connectivity index (χ0) is 19.9. The number of carbonyl (C=O) groups excluding carboxylic acids is 1. The molecule has 0 unspecified atom stereocenters. The maximum absolute atomic E-state index is 13.7. The minimum absolute atomic E-state index is 0.0638. The molecule has 0 radical (unpaired) electrons. The van der Waals surface area contributed by atoms with E-state index in [4.69, 9.17) is 9.47 Å². The molecule has 9 heteroatoms. The number of hydrogen-bond donors (Lipinski definition) is 2. The number of aliphatic hydroxyl groups is 1. The molecule has 1 aromatic heterocycles. The number of hydrogen-bond acceptors (Lipinski definition) is 6. The second kappa shape index (κ2) is 7.46. The molecular formula is C19H24FN3O4S. The number of fused-ring (bicyclic) bond motifs is 1. The number of nitrogens with zero attached hydrogens (tertiary/aromatic N) is 2. The van der Waals surface area contributed by atoms with E-state index in [9.17, 15) is 14.3 Å². The minimum Gasteiger partial charge on any atom is -0.485 e. The second-order valence-corrected chi connectivity index (χ2v) is 8.80. The van der Waals surface area contributed by atoms with Crippen LogP contribution in [0.15, 0.2) is 17.6 Å². The molecule has 0 spiro atoms. The SMILES string of the molecule is CC(C)(O)[C@H]1CC[C@H](NC(=O)N2CC(Oc3cc(F)cc4ncsc34)C2)CO1. The van der Waals surface area contributed by atoms with E-state index in [2.05, 4.69) is 10.3 Å². The van der Waals surface area contributed by atoms with Gasteiger partial charge in [-0.1, -0.05) is 0 Å². The maximum atomic E-state index is 13.7. The molecular weight excluding hydrogens is 385 g/mol. The fourth-order valence-corrected chi connectivity index (χ4v) is 4.27. The van der Waals surface area contributed by atoms with Gasteiger partial charge < -0.3 is 24.8 Å². The van der Waals surface area contributed by atoms with Gasteiger partial charge in [0.05, 0.1) is 53.2 Å². The van der Waals surface area contributed by atoms with E-state index >= 15 is 0 Å². The van der Waals surface area contributed by atoms with E-state index in [1.54, 1.807) is 24.3 Å². The summed E-state index contributed by atoms with van der Waals surface area (Å²) in [6.45, 7) is 4.75. The van der Waals surface area contributed by atoms with Crippen molar-refractivity contribution in [2.45, 2.75) is 50.5 Å². The number of carbonyl (C=O) groups is 1. The number of benzene rings is 1. The van der Waals surface area contributed by atoms with Crippen LogP contribution in [0.1, 0.15) is 26.7 Å². The van der Waals surface area contributed by atoms with Crippen molar-refractivity contribution < 1.29 is 23.8 Å². The molecule has 0 bridgehead atoms. The lowest BCUT2D eigenvalue weighted by molar-refractivity contribution is -0.114. The Kier molecular flexibility index (Phi) is 5.15. The third-order valence-electron chi connectivity index (χ3n) is 5.18. The van der Waals surface area contributed by atoms with Gasteiger partial charge in [-0.3, -0.25) is 0 Å². The van der Waals surface area contributed by atoms with Gasteiger partial charge in [0.2, 0.25) is 0 Å². The Hall–Kier alpha value is -1.97. The van der Waals surface area contributed by atoms with Gasteiger partial charge in [-0.2, -0.15) is 0 Å². The number of thiazole rings is 1. The van der Waals surface area contributed by atoms with Gasteiger partial charge in [0.1, 0.15) is 17.7 Å². The smallest absolute Gasteiger partial charge is 0.317 e. The maximum Gasteiger partial charge on any atom is 0.317 e. The van der Waals surface area contributed by atoms with Gasteiger partial charge in [-0.25, -0.2) is 14.2 Å². The van der Waals surface area contributed by atoms with Gasteiger partial charge in [0.15, 0.2) is 0 Å². The number of urea groups is 1. The summed E-state index contributed by atoms with van der Waals surface area (Å²) in [6, 6.07) is 2.53. The quantitative estimate of drug-likeness (QED) is 0.811. The Labute approximate surface area is 166 Å². The van der Waals surface area contributed by atoms with Crippen molar-refractivity contribution in [2.75, 3.05) is 19.7 Å². The lowest BCUT2D eigenvalue weighted by atomic mass is 9.93. The lowest BCUT2D eigenvalue weighted by Gasteiger charge is -2.41. The highest BCUT2D eigenvalue weighted by molar-refractivity contribution is 7.17. The molecule has 2 fully saturated rings. The van der Waals surface area contributed by atoms with Gasteiger partial charge in [0.25, 0.3) is 0 Å². The van der Waals surface area contributed by atoms with Crippen LogP contribution in [0.4, 0.5) is 9.18 Å². The van der Waals surface area contributed by atoms with Crippen LogP contribution in [0.2, 0.25) is 0 Å². The molecule has 1 aromatic carbocycles. The fraction of sp³-hybridized carbons (Fsp3) is 0.579. The van der Waals surface area contributed by atoms with Crippen LogP contribution >= 0.6 is 11.3 Å². The molecule has 2 N–H and O–H groups in total. The summed E-state index contributed by atoms with van der Waals surface area (Å²) in [6.07, 6.45) is 1.09. The van der Waals surface area contributed by atoms with Crippen LogP contribution in [-0.2, 0) is 4.74 Å². The van der Waals surface area contributed by atoms with Crippen molar-refractivity contribution in [3.63, 3.8) is 0 Å². The molecule has 3 heterocycles. The van der Waals surface area contributed by atoms with Crippen LogP contribution in [0, 0.1) is 5.82 Å². The van der Waals surface area contributed by atoms with E-state index in [0.717, 1.165) is 11.1 Å². The van der Waals surface area contributed by atoms with Gasteiger partial charge in [0, 0.05) is 12.1 Å². The van der Waals surface area contributed by atoms with Crippen molar-refractivity contribution in [2.24, 2.45) is 0 Å². The van der Waals surface area contributed by atoms with Gasteiger partial charge in [-0.15, -0.1) is 11.3 Å². The van der Waals surface area contributed by atoms with Gasteiger partial charge >= 0.3 is 6.03 Å². The Morgan fingerprint density at radius 3 is 2.89 bits per heavy atom. The molecule has 2 aromatic rings. The average molecular weight is 409 g/mol. The summed E-state index contributed by atoms with van der Waals surface area (Å²) in [5.74, 6) is 0.0879. The molecule has 2 saturated heterocycles. The van der Waals surface area contributed by atoms with E-state index in [1.165, 1.54) is 23.5 Å². The first-order valence-electron chi connectivity index (χ1n) is 9.38. The topological polar surface area (TPSA) is 83.9 Å². The monoisotopic (exact) mass is 409 g/mol. The predicted octanol–water partition coefficient (Wildman–Crippen LogP) is 2.53. The normalized spacial score (nSPS) is 23.5. The standard InChI is InChI=1S/C19H24FN3O4S/c1-19(2,25)16-4-3-12(9-26-16)22-18(24)23-7-13(8-23)27-15-6-11(20)5-14-17(15)28-10-21-14/h5-6,10,12-13,16,25H,3-4,7-9H2,1-2H3,(H,22,24)/t12-,16+/m0/s1. The van der Waals surface area contributed by atoms with E-state index in [1.807, 2.05) is 0 Å². The summed E-state index contributed by atoms with van der Waals surface area (Å²) in [7, 11) is 0. The van der Waals surface area contributed by atoms with Crippen LogP contribution in [-0.4, -0.2) is 64.6 Å². The average Bonchev–Trinajstić information content (AvgIpc) is 3.05. The Morgan fingerprint density at radius 1 is 1.43 bits per heavy atom. The predicted molar refractivity (Wildman–Crippen MR) is 103 cm³/mol. The molecule has 2 atom stereocenters. The molecule has 2 amide bonds. The number of aromatic nitrogens is 1. The van der Waals surface area contributed by atoms with Crippen molar-refractivity contribution in [1.29, 1.82) is 0 Å². The third kappa shape index (κ3) is 4.06. The number of likely N-dealkylation sites (tertiary alicyclic amines) is 1. The zero-order valence-electron chi connectivity index (χ0n) is 15.9. The van der Waals surface area contributed by atoms with Crippen molar-refractivity contribution in [3.05, 3.63) is 23.5 Å². The van der Waals surface area contributed by atoms with E-state index in [-0.39, 0.29) is 30.1 Å². The van der Waals surface area contributed by atoms with Crippen LogP contribution in [0.3, 0.4) is 0 Å². The number of nitrogens with one attached hydrogen (secondary N) is 1. The summed E-state index contributed by atoms with van der Waals surface area (Å²) in [5, 5.41) is 13.0. The highest BCUT2D eigenvalue weighted by atomic mass is 32.1. The first-order chi connectivity index (χ1) is 13.3. The Morgan fingerprint density at radius 2 is 2.21 bits per heavy atom. The number of halogens is 1. The lowest BCUT2D eigenvalue weighted by Crippen LogP contribution is -2.61. The Bertz CT molecular complexity index is 854. The van der Waals surface area contributed by atoms with E-state index < -0.39 is 5.60 Å². The second-order valence-electron chi connectivity index (χ2n) is 7.95. The summed E-state index contributed by atoms with van der Waals surface area (Å²) < 4.78 is 26.1. The van der Waals surface area contributed by atoms with Crippen LogP contribution < -0.4 is 10.1 Å². The molecule has 0 saturated carbocycles. The molecule has 7 nitrogen and oxygen atoms in total. The van der Waals surface area contributed by atoms with Crippen molar-refractivity contribution in [3.8, 4) is 5.75 Å². The third-order valence-corrected chi connectivity index (χ3v) is 6.04. The van der Waals surface area contributed by atoms with Crippen LogP contribution in [0.25, 0.3) is 10.2 Å². The largest absolute Gasteiger partial charge is 0.485 e. The first-order valence-corrected chi connectivity index (χ1v) is 10.3. The number of ether oxygens (including phenoxy) is 2.